The summed E-state index contributed by atoms with van der Waals surface area (Å²) in [5.74, 6) is 0. The van der Waals surface area contributed by atoms with E-state index in [1.807, 2.05) is 7.17 Å². The summed E-state index contributed by atoms with van der Waals surface area (Å²) in [6, 6.07) is 0. The molecule has 0 heterocycles. The third-order valence-corrected chi connectivity index (χ3v) is 1.62. The molecule has 4 heteroatoms. The van der Waals surface area contributed by atoms with Gasteiger partial charge in [0.05, 0.1) is 7.17 Å². The fourth-order valence-corrected chi connectivity index (χ4v) is 1.04. The minimum absolute atomic E-state index is 0. The van der Waals surface area contributed by atoms with Crippen molar-refractivity contribution in [2.24, 2.45) is 0 Å². The van der Waals surface area contributed by atoms with Gasteiger partial charge in [-0.2, -0.15) is 0 Å². The summed E-state index contributed by atoms with van der Waals surface area (Å²) < 4.78 is 0. The van der Waals surface area contributed by atoms with E-state index in [4.69, 9.17) is 7.74 Å². The first-order valence-corrected chi connectivity index (χ1v) is 3.65. The first kappa shape index (κ1) is 11.3. The van der Waals surface area contributed by atoms with Gasteiger partial charge in [0.25, 0.3) is 0 Å². The average Bonchev–Trinajstić information content (AvgIpc) is 2.41. The maximum atomic E-state index is 5.20. The fourth-order valence-electron chi connectivity index (χ4n) is 1.04. The van der Waals surface area contributed by atoms with Crippen molar-refractivity contribution in [3.8, 4) is 0 Å². The van der Waals surface area contributed by atoms with Crippen LogP contribution in [0.3, 0.4) is 0 Å². The van der Waals surface area contributed by atoms with Gasteiger partial charge >= 0.3 is 0 Å². The van der Waals surface area contributed by atoms with E-state index in [0.29, 0.717) is 0 Å². The molecular formula is C7H9B3Ru. The van der Waals surface area contributed by atoms with Crippen LogP contribution in [0.1, 0.15) is 12.8 Å². The molecule has 0 nitrogen and oxygen atoms in total. The number of allylic oxidation sites excluding steroid dienone is 4. The quantitative estimate of drug-likeness (QED) is 0.497. The molecule has 0 saturated carbocycles. The van der Waals surface area contributed by atoms with Gasteiger partial charge in [0.1, 0.15) is 0 Å². The molecule has 0 aromatic carbocycles. The van der Waals surface area contributed by atoms with Gasteiger partial charge in [-0.3, -0.25) is 0 Å². The van der Waals surface area contributed by atoms with Gasteiger partial charge < -0.3 is 0 Å². The third kappa shape index (κ3) is 4.69. The van der Waals surface area contributed by atoms with E-state index in [2.05, 4.69) is 18.2 Å². The maximum absolute atomic E-state index is 5.20. The average molecular weight is 227 g/mol. The Kier molecular flexibility index (Phi) is 7.16. The van der Waals surface area contributed by atoms with Gasteiger partial charge in [0.15, 0.2) is 0 Å². The van der Waals surface area contributed by atoms with Gasteiger partial charge in [-0.15, -0.1) is 0 Å². The first-order valence-electron chi connectivity index (χ1n) is 3.65. The molecule has 4 radical (unpaired) electrons. The molecule has 1 aliphatic rings. The van der Waals surface area contributed by atoms with Gasteiger partial charge in [-0.1, -0.05) is 30.1 Å². The van der Waals surface area contributed by atoms with Crippen molar-refractivity contribution in [3.63, 3.8) is 0 Å². The molecule has 0 atom stereocenters. The predicted molar refractivity (Wildman–Crippen MR) is 48.5 cm³/mol. The maximum Gasteiger partial charge on any atom is 0.0548 e. The van der Waals surface area contributed by atoms with E-state index in [0.717, 1.165) is 19.2 Å². The summed E-state index contributed by atoms with van der Waals surface area (Å²) >= 11 is 0. The van der Waals surface area contributed by atoms with Gasteiger partial charge in [-0.05, 0) is 12.8 Å². The Hall–Kier alpha value is 0.298. The van der Waals surface area contributed by atoms with Gasteiger partial charge in [-0.25, -0.2) is 0 Å². The van der Waals surface area contributed by atoms with Crippen molar-refractivity contribution in [2.75, 3.05) is 0 Å². The Bertz CT molecular complexity index is 154. The molecule has 0 fully saturated rings. The standard InChI is InChI=1S/C7H9B3.Ru/c8-10-9-6-5-7-3-1-2-4-7;/h1-3H,4-6H2;. The van der Waals surface area contributed by atoms with E-state index in [-0.39, 0.29) is 19.5 Å². The summed E-state index contributed by atoms with van der Waals surface area (Å²) in [6.45, 7) is 0. The first-order chi connectivity index (χ1) is 4.93. The number of hydrogen-bond acceptors (Lipinski definition) is 0. The molecule has 54 valence electrons. The molecule has 0 aromatic heterocycles. The minimum atomic E-state index is 0. The van der Waals surface area contributed by atoms with Crippen LogP contribution < -0.4 is 0 Å². The van der Waals surface area contributed by atoms with E-state index in [9.17, 15) is 0 Å². The van der Waals surface area contributed by atoms with Crippen LogP contribution in [0.5, 0.6) is 0 Å². The smallest absolute Gasteiger partial charge is 0.0548 e. The van der Waals surface area contributed by atoms with E-state index >= 15 is 0 Å². The van der Waals surface area contributed by atoms with Crippen molar-refractivity contribution >= 4 is 22.0 Å². The summed E-state index contributed by atoms with van der Waals surface area (Å²) in [7, 11) is 8.81. The van der Waals surface area contributed by atoms with E-state index < -0.39 is 0 Å². The predicted octanol–water partition coefficient (Wildman–Crippen LogP) is 1.09. The van der Waals surface area contributed by atoms with E-state index in [1.54, 1.807) is 7.06 Å². The molecule has 0 N–H and O–H groups in total. The molecule has 1 aliphatic carbocycles. The van der Waals surface area contributed by atoms with Crippen molar-refractivity contribution in [1.82, 2.24) is 0 Å². The van der Waals surface area contributed by atoms with Crippen LogP contribution in [0.2, 0.25) is 6.32 Å². The largest absolute Gasteiger partial charge is 0.0858 e. The molecule has 0 unspecified atom stereocenters. The second kappa shape index (κ2) is 6.97. The normalized spacial score (nSPS) is 13.6. The van der Waals surface area contributed by atoms with Gasteiger partial charge in [0, 0.05) is 34.3 Å². The zero-order valence-corrected chi connectivity index (χ0v) is 8.18. The third-order valence-electron chi connectivity index (χ3n) is 1.62. The fraction of sp³-hybridized carbons (Fsp3) is 0.429. The molecule has 0 amide bonds. The minimum Gasteiger partial charge on any atom is -0.0858 e. The summed E-state index contributed by atoms with van der Waals surface area (Å²) in [5, 5.41) is 0. The Morgan fingerprint density at radius 3 is 2.91 bits per heavy atom. The Morgan fingerprint density at radius 1 is 1.55 bits per heavy atom. The molecular weight excluding hydrogens is 218 g/mol. The topological polar surface area (TPSA) is 0 Å². The Morgan fingerprint density at radius 2 is 2.36 bits per heavy atom. The SMILES string of the molecule is [B][B][B]CCC1=CC=CC1.[Ru]. The molecule has 11 heavy (non-hydrogen) atoms. The van der Waals surface area contributed by atoms with Crippen molar-refractivity contribution < 1.29 is 19.5 Å². The van der Waals surface area contributed by atoms with Crippen molar-refractivity contribution in [2.45, 2.75) is 19.2 Å². The monoisotopic (exact) mass is 228 g/mol. The van der Waals surface area contributed by atoms with Crippen molar-refractivity contribution in [1.29, 1.82) is 0 Å². The molecule has 0 aliphatic heterocycles. The summed E-state index contributed by atoms with van der Waals surface area (Å²) in [5.41, 5.74) is 1.51. The van der Waals surface area contributed by atoms with Crippen LogP contribution in [-0.2, 0) is 19.5 Å². The molecule has 0 bridgehead atoms. The zero-order valence-electron chi connectivity index (χ0n) is 6.44. The number of hydrogen-bond donors (Lipinski definition) is 0. The van der Waals surface area contributed by atoms with Crippen LogP contribution in [0.15, 0.2) is 23.8 Å². The molecule has 0 spiro atoms. The van der Waals surface area contributed by atoms with Crippen LogP contribution in [0.25, 0.3) is 0 Å². The Labute approximate surface area is 84.5 Å². The second-order valence-corrected chi connectivity index (χ2v) is 2.42. The van der Waals surface area contributed by atoms with Crippen LogP contribution >= 0.6 is 0 Å². The van der Waals surface area contributed by atoms with Crippen LogP contribution in [-0.4, -0.2) is 22.0 Å². The van der Waals surface area contributed by atoms with Crippen LogP contribution in [0, 0.1) is 0 Å². The van der Waals surface area contributed by atoms with Crippen molar-refractivity contribution in [3.05, 3.63) is 23.8 Å². The number of rotatable bonds is 4. The van der Waals surface area contributed by atoms with Crippen LogP contribution in [0.4, 0.5) is 0 Å². The Balaban J connectivity index is 0.000001000. The van der Waals surface area contributed by atoms with E-state index in [1.165, 1.54) is 5.57 Å². The molecule has 1 rings (SSSR count). The molecule has 0 aromatic rings. The second-order valence-electron chi connectivity index (χ2n) is 2.42. The summed E-state index contributed by atoms with van der Waals surface area (Å²) in [6.07, 6.45) is 9.84. The van der Waals surface area contributed by atoms with Gasteiger partial charge in [0.2, 0.25) is 0 Å². The molecule has 0 saturated heterocycles. The summed E-state index contributed by atoms with van der Waals surface area (Å²) in [4.78, 5) is 0. The zero-order chi connectivity index (χ0) is 7.23.